The first-order valence-corrected chi connectivity index (χ1v) is 12.9. The van der Waals surface area contributed by atoms with E-state index < -0.39 is 15.7 Å². The van der Waals surface area contributed by atoms with Crippen LogP contribution in [-0.4, -0.2) is 22.3 Å². The van der Waals surface area contributed by atoms with Gasteiger partial charge in [0.05, 0.1) is 6.61 Å². The molecule has 1 aromatic carbocycles. The van der Waals surface area contributed by atoms with Gasteiger partial charge < -0.3 is 8.85 Å². The summed E-state index contributed by atoms with van der Waals surface area (Å²) in [6.07, 6.45) is 1.17. The monoisotopic (exact) mass is 266 g/mol. The standard InChI is InChI=1S/C13H22O2Si2/c1-16(2)14-10-7-11-17(16,3)15-12-13-8-5-4-6-9-13/h4-6,8-9H,7,10-12H2,1-3H3. The van der Waals surface area contributed by atoms with E-state index in [4.69, 9.17) is 8.85 Å². The van der Waals surface area contributed by atoms with Crippen molar-refractivity contribution in [2.24, 2.45) is 0 Å². The van der Waals surface area contributed by atoms with Crippen molar-refractivity contribution in [3.05, 3.63) is 35.9 Å². The lowest BCUT2D eigenvalue weighted by atomic mass is 10.2. The van der Waals surface area contributed by atoms with Crippen LogP contribution in [0, 0.1) is 0 Å². The fraction of sp³-hybridized carbons (Fsp3) is 0.538. The van der Waals surface area contributed by atoms with Gasteiger partial charge in [-0.15, -0.1) is 0 Å². The molecule has 1 unspecified atom stereocenters. The molecule has 1 aliphatic heterocycles. The maximum Gasteiger partial charge on any atom is 0.208 e. The first kappa shape index (κ1) is 13.0. The molecule has 2 rings (SSSR count). The van der Waals surface area contributed by atoms with Crippen molar-refractivity contribution >= 4 is 15.7 Å². The average molecular weight is 266 g/mol. The molecule has 1 aromatic rings. The fourth-order valence-electron chi connectivity index (χ4n) is 2.25. The van der Waals surface area contributed by atoms with Crippen LogP contribution in [0.2, 0.25) is 25.7 Å². The Balaban J connectivity index is 2.02. The highest BCUT2D eigenvalue weighted by atomic mass is 29.3. The second-order valence-electron chi connectivity index (χ2n) is 5.47. The molecule has 1 fully saturated rings. The van der Waals surface area contributed by atoms with Crippen molar-refractivity contribution < 1.29 is 8.85 Å². The fourth-order valence-corrected chi connectivity index (χ4v) is 10.4. The van der Waals surface area contributed by atoms with Crippen molar-refractivity contribution in [3.8, 4) is 0 Å². The summed E-state index contributed by atoms with van der Waals surface area (Å²) in [5.74, 6) is 0. The largest absolute Gasteiger partial charge is 0.417 e. The maximum atomic E-state index is 6.35. The van der Waals surface area contributed by atoms with Gasteiger partial charge in [0, 0.05) is 6.61 Å². The molecule has 1 atom stereocenters. The smallest absolute Gasteiger partial charge is 0.208 e. The van der Waals surface area contributed by atoms with E-state index in [2.05, 4.69) is 43.9 Å². The highest BCUT2D eigenvalue weighted by Crippen LogP contribution is 2.32. The van der Waals surface area contributed by atoms with E-state index >= 15 is 0 Å². The Morgan fingerprint density at radius 2 is 1.88 bits per heavy atom. The zero-order chi connectivity index (χ0) is 12.4. The molecule has 2 nitrogen and oxygen atoms in total. The molecular formula is C13H22O2Si2. The highest BCUT2D eigenvalue weighted by molar-refractivity contribution is 7.36. The molecule has 94 valence electrons. The Bertz CT molecular complexity index is 367. The van der Waals surface area contributed by atoms with Gasteiger partial charge in [-0.05, 0) is 37.7 Å². The lowest BCUT2D eigenvalue weighted by Gasteiger charge is -2.43. The lowest BCUT2D eigenvalue weighted by molar-refractivity contribution is 0.254. The minimum atomic E-state index is -1.63. The minimum absolute atomic E-state index is 0.753. The highest BCUT2D eigenvalue weighted by Gasteiger charge is 2.50. The first-order valence-electron chi connectivity index (χ1n) is 6.35. The summed E-state index contributed by atoms with van der Waals surface area (Å²) >= 11 is 0. The molecule has 0 radical (unpaired) electrons. The number of hydrogen-bond acceptors (Lipinski definition) is 2. The molecule has 1 heterocycles. The predicted molar refractivity (Wildman–Crippen MR) is 75.7 cm³/mol. The quantitative estimate of drug-likeness (QED) is 0.780. The first-order chi connectivity index (χ1) is 8.04. The summed E-state index contributed by atoms with van der Waals surface area (Å²) in [7, 11) is -3.21. The van der Waals surface area contributed by atoms with Crippen molar-refractivity contribution in [3.63, 3.8) is 0 Å². The van der Waals surface area contributed by atoms with Gasteiger partial charge in [-0.25, -0.2) is 0 Å². The molecule has 0 saturated carbocycles. The summed E-state index contributed by atoms with van der Waals surface area (Å²) in [6, 6.07) is 11.7. The maximum absolute atomic E-state index is 6.35. The Kier molecular flexibility index (Phi) is 3.87. The number of hydrogen-bond donors (Lipinski definition) is 0. The van der Waals surface area contributed by atoms with Gasteiger partial charge in [-0.2, -0.15) is 0 Å². The Labute approximate surface area is 106 Å². The van der Waals surface area contributed by atoms with Crippen LogP contribution in [0.25, 0.3) is 0 Å². The summed E-state index contributed by atoms with van der Waals surface area (Å²) < 4.78 is 12.4. The van der Waals surface area contributed by atoms with Crippen LogP contribution in [0.3, 0.4) is 0 Å². The normalized spacial score (nSPS) is 27.9. The molecule has 0 N–H and O–H groups in total. The van der Waals surface area contributed by atoms with E-state index in [1.165, 1.54) is 18.0 Å². The SMILES string of the molecule is C[Si]1(C)OCCC[Si]1(C)OCc1ccccc1. The Hall–Kier alpha value is -0.426. The zero-order valence-electron chi connectivity index (χ0n) is 11.0. The van der Waals surface area contributed by atoms with E-state index in [-0.39, 0.29) is 0 Å². The van der Waals surface area contributed by atoms with Crippen LogP contribution in [0.15, 0.2) is 30.3 Å². The van der Waals surface area contributed by atoms with E-state index in [0.29, 0.717) is 0 Å². The molecule has 0 aliphatic carbocycles. The molecule has 4 heteroatoms. The number of benzene rings is 1. The van der Waals surface area contributed by atoms with E-state index in [1.807, 2.05) is 6.07 Å². The third-order valence-corrected chi connectivity index (χ3v) is 18.8. The summed E-state index contributed by atoms with van der Waals surface area (Å²) in [6.45, 7) is 8.70. The number of rotatable bonds is 3. The molecule has 1 saturated heterocycles. The van der Waals surface area contributed by atoms with Crippen LogP contribution in [-0.2, 0) is 15.5 Å². The van der Waals surface area contributed by atoms with Crippen molar-refractivity contribution in [2.45, 2.75) is 38.7 Å². The summed E-state index contributed by atoms with van der Waals surface area (Å²) in [5, 5.41) is 0. The van der Waals surface area contributed by atoms with Crippen molar-refractivity contribution in [1.29, 1.82) is 0 Å². The van der Waals surface area contributed by atoms with Crippen molar-refractivity contribution in [2.75, 3.05) is 6.61 Å². The van der Waals surface area contributed by atoms with Crippen LogP contribution in [0.4, 0.5) is 0 Å². The average Bonchev–Trinajstić information content (AvgIpc) is 2.32. The molecule has 0 aromatic heterocycles. The molecule has 0 bridgehead atoms. The second-order valence-corrected chi connectivity index (χ2v) is 18.8. The van der Waals surface area contributed by atoms with Gasteiger partial charge >= 0.3 is 0 Å². The van der Waals surface area contributed by atoms with Crippen LogP contribution >= 0.6 is 0 Å². The minimum Gasteiger partial charge on any atom is -0.417 e. The van der Waals surface area contributed by atoms with Crippen LogP contribution in [0.1, 0.15) is 12.0 Å². The molecular weight excluding hydrogens is 244 g/mol. The topological polar surface area (TPSA) is 18.5 Å². The lowest BCUT2D eigenvalue weighted by Crippen LogP contribution is -2.63. The summed E-state index contributed by atoms with van der Waals surface area (Å²) in [4.78, 5) is 0. The Morgan fingerprint density at radius 3 is 2.53 bits per heavy atom. The van der Waals surface area contributed by atoms with E-state index in [1.54, 1.807) is 0 Å². The van der Waals surface area contributed by atoms with E-state index in [9.17, 15) is 0 Å². The van der Waals surface area contributed by atoms with Gasteiger partial charge in [0.15, 0.2) is 0 Å². The Morgan fingerprint density at radius 1 is 1.18 bits per heavy atom. The van der Waals surface area contributed by atoms with Gasteiger partial charge in [-0.1, -0.05) is 30.3 Å². The molecule has 0 amide bonds. The van der Waals surface area contributed by atoms with Crippen LogP contribution < -0.4 is 0 Å². The van der Waals surface area contributed by atoms with Gasteiger partial charge in [0.25, 0.3) is 0 Å². The molecule has 17 heavy (non-hydrogen) atoms. The van der Waals surface area contributed by atoms with Crippen LogP contribution in [0.5, 0.6) is 0 Å². The molecule has 0 spiro atoms. The predicted octanol–water partition coefficient (Wildman–Crippen LogP) is 3.48. The third-order valence-electron chi connectivity index (χ3n) is 3.93. The zero-order valence-corrected chi connectivity index (χ0v) is 13.0. The van der Waals surface area contributed by atoms with Gasteiger partial charge in [-0.3, -0.25) is 0 Å². The van der Waals surface area contributed by atoms with Gasteiger partial charge in [0.1, 0.15) is 0 Å². The molecule has 1 aliphatic rings. The third kappa shape index (κ3) is 2.88. The summed E-state index contributed by atoms with van der Waals surface area (Å²) in [5.41, 5.74) is 1.27. The van der Waals surface area contributed by atoms with E-state index in [0.717, 1.165) is 13.2 Å². The van der Waals surface area contributed by atoms with Crippen molar-refractivity contribution in [1.82, 2.24) is 0 Å². The van der Waals surface area contributed by atoms with Gasteiger partial charge in [0.2, 0.25) is 15.7 Å². The second kappa shape index (κ2) is 5.06.